The van der Waals surface area contributed by atoms with Gasteiger partial charge in [0.1, 0.15) is 6.26 Å². The van der Waals surface area contributed by atoms with Crippen molar-refractivity contribution in [3.63, 3.8) is 0 Å². The molecule has 9 nitrogen and oxygen atoms in total. The third kappa shape index (κ3) is 4.99. The molecule has 9 heteroatoms. The number of anilines is 2. The van der Waals surface area contributed by atoms with Gasteiger partial charge in [-0.3, -0.25) is 19.2 Å². The molecule has 2 aliphatic rings. The summed E-state index contributed by atoms with van der Waals surface area (Å²) >= 11 is 0. The molecule has 1 aromatic carbocycles. The zero-order valence-electron chi connectivity index (χ0n) is 17.7. The molecule has 4 rings (SSSR count). The summed E-state index contributed by atoms with van der Waals surface area (Å²) in [6.07, 6.45) is 5.74. The number of nitrogens with zero attached hydrogens (tertiary/aromatic N) is 2. The van der Waals surface area contributed by atoms with E-state index in [9.17, 15) is 19.2 Å². The number of carbonyl (C=O) groups is 4. The summed E-state index contributed by atoms with van der Waals surface area (Å²) in [7, 11) is 0. The molecule has 3 heterocycles. The van der Waals surface area contributed by atoms with Crippen LogP contribution in [0.25, 0.3) is 0 Å². The normalized spacial score (nSPS) is 16.8. The Morgan fingerprint density at radius 1 is 1.06 bits per heavy atom. The lowest BCUT2D eigenvalue weighted by Crippen LogP contribution is -2.43. The Labute approximate surface area is 185 Å². The van der Waals surface area contributed by atoms with Gasteiger partial charge in [0.25, 0.3) is 5.91 Å². The van der Waals surface area contributed by atoms with Crippen LogP contribution in [-0.2, 0) is 14.4 Å². The zero-order valence-corrected chi connectivity index (χ0v) is 17.7. The first-order chi connectivity index (χ1) is 15.5. The van der Waals surface area contributed by atoms with Crippen molar-refractivity contribution in [2.45, 2.75) is 25.7 Å². The molecular formula is C23H26N4O5. The van der Waals surface area contributed by atoms with Crippen LogP contribution in [0, 0.1) is 5.92 Å². The average Bonchev–Trinajstić information content (AvgIpc) is 3.49. The Bertz CT molecular complexity index is 996. The zero-order chi connectivity index (χ0) is 22.5. The van der Waals surface area contributed by atoms with Gasteiger partial charge in [0.15, 0.2) is 0 Å². The van der Waals surface area contributed by atoms with E-state index in [1.807, 2.05) is 6.07 Å². The number of likely N-dealkylation sites (tertiary alicyclic amines) is 1. The Morgan fingerprint density at radius 2 is 1.88 bits per heavy atom. The van der Waals surface area contributed by atoms with Gasteiger partial charge < -0.3 is 24.9 Å². The maximum absolute atomic E-state index is 12.3. The minimum atomic E-state index is -0.748. The smallest absolute Gasteiger partial charge is 0.313 e. The van der Waals surface area contributed by atoms with Crippen LogP contribution in [0.1, 0.15) is 36.0 Å². The summed E-state index contributed by atoms with van der Waals surface area (Å²) in [4.78, 5) is 52.3. The van der Waals surface area contributed by atoms with Crippen molar-refractivity contribution >= 4 is 35.0 Å². The highest BCUT2D eigenvalue weighted by Crippen LogP contribution is 2.24. The van der Waals surface area contributed by atoms with Crippen LogP contribution in [0.5, 0.6) is 0 Å². The molecule has 1 aromatic heterocycles. The van der Waals surface area contributed by atoms with Crippen molar-refractivity contribution in [3.05, 3.63) is 48.4 Å². The number of amides is 4. The second kappa shape index (κ2) is 9.67. The fourth-order valence-electron chi connectivity index (χ4n) is 4.09. The second-order valence-electron chi connectivity index (χ2n) is 8.11. The summed E-state index contributed by atoms with van der Waals surface area (Å²) in [5.74, 6) is -1.25. The highest BCUT2D eigenvalue weighted by atomic mass is 16.3. The third-order valence-corrected chi connectivity index (χ3v) is 5.92. The fourth-order valence-corrected chi connectivity index (χ4v) is 4.09. The second-order valence-corrected chi connectivity index (χ2v) is 8.11. The van der Waals surface area contributed by atoms with Crippen LogP contribution < -0.4 is 15.5 Å². The van der Waals surface area contributed by atoms with E-state index in [1.54, 1.807) is 34.1 Å². The van der Waals surface area contributed by atoms with Gasteiger partial charge in [-0.25, -0.2) is 0 Å². The lowest BCUT2D eigenvalue weighted by molar-refractivity contribution is -0.136. The van der Waals surface area contributed by atoms with Gasteiger partial charge in [-0.1, -0.05) is 6.07 Å². The molecule has 2 aromatic rings. The molecular weight excluding hydrogens is 412 g/mol. The van der Waals surface area contributed by atoms with Crippen molar-refractivity contribution < 1.29 is 23.6 Å². The molecule has 0 radical (unpaired) electrons. The Balaban J connectivity index is 1.22. The van der Waals surface area contributed by atoms with E-state index in [-0.39, 0.29) is 17.7 Å². The molecule has 168 valence electrons. The van der Waals surface area contributed by atoms with Gasteiger partial charge in [0.05, 0.1) is 11.8 Å². The lowest BCUT2D eigenvalue weighted by Gasteiger charge is -2.31. The Kier molecular flexibility index (Phi) is 6.53. The van der Waals surface area contributed by atoms with Crippen LogP contribution in [0.15, 0.2) is 47.3 Å². The number of piperidine rings is 1. The number of furan rings is 1. The van der Waals surface area contributed by atoms with E-state index in [0.29, 0.717) is 49.5 Å². The van der Waals surface area contributed by atoms with Crippen molar-refractivity contribution in [1.29, 1.82) is 0 Å². The first-order valence-electron chi connectivity index (χ1n) is 10.8. The Morgan fingerprint density at radius 3 is 2.56 bits per heavy atom. The topological polar surface area (TPSA) is 112 Å². The van der Waals surface area contributed by atoms with Crippen LogP contribution in [0.3, 0.4) is 0 Å². The maximum atomic E-state index is 12.3. The average molecular weight is 438 g/mol. The number of hydrogen-bond donors (Lipinski definition) is 2. The molecule has 0 unspecified atom stereocenters. The highest BCUT2D eigenvalue weighted by Gasteiger charge is 2.25. The van der Waals surface area contributed by atoms with Gasteiger partial charge in [-0.15, -0.1) is 0 Å². The van der Waals surface area contributed by atoms with Crippen LogP contribution in [0.4, 0.5) is 11.4 Å². The largest absolute Gasteiger partial charge is 0.472 e. The molecule has 2 saturated heterocycles. The van der Waals surface area contributed by atoms with E-state index in [4.69, 9.17) is 4.42 Å². The molecule has 2 N–H and O–H groups in total. The SMILES string of the molecule is O=C(NCC1CCN(C(=O)c2ccoc2)CC1)C(=O)Nc1cccc(N2CCCC2=O)c1. The minimum Gasteiger partial charge on any atom is -0.472 e. The third-order valence-electron chi connectivity index (χ3n) is 5.92. The van der Waals surface area contributed by atoms with E-state index in [0.717, 1.165) is 19.3 Å². The van der Waals surface area contributed by atoms with Crippen LogP contribution >= 0.6 is 0 Å². The van der Waals surface area contributed by atoms with Crippen molar-refractivity contribution in [2.75, 3.05) is 36.4 Å². The Hall–Kier alpha value is -3.62. The van der Waals surface area contributed by atoms with E-state index in [1.165, 1.54) is 12.5 Å². The quantitative estimate of drug-likeness (QED) is 0.694. The summed E-state index contributed by atoms with van der Waals surface area (Å²) in [5, 5.41) is 5.28. The number of rotatable bonds is 5. The predicted molar refractivity (Wildman–Crippen MR) is 117 cm³/mol. The highest BCUT2D eigenvalue weighted by molar-refractivity contribution is 6.39. The van der Waals surface area contributed by atoms with E-state index >= 15 is 0 Å². The van der Waals surface area contributed by atoms with Crippen LogP contribution in [-0.4, -0.2) is 54.7 Å². The first kappa shape index (κ1) is 21.6. The monoisotopic (exact) mass is 438 g/mol. The molecule has 0 spiro atoms. The van der Waals surface area contributed by atoms with Gasteiger partial charge in [0, 0.05) is 44.0 Å². The summed E-state index contributed by atoms with van der Waals surface area (Å²) < 4.78 is 4.96. The van der Waals surface area contributed by atoms with Gasteiger partial charge in [0.2, 0.25) is 5.91 Å². The molecule has 0 bridgehead atoms. The first-order valence-corrected chi connectivity index (χ1v) is 10.8. The summed E-state index contributed by atoms with van der Waals surface area (Å²) in [6, 6.07) is 8.57. The standard InChI is InChI=1S/C23H26N4O5/c28-20-5-2-9-27(20)19-4-1-3-18(13-19)25-22(30)21(29)24-14-16-6-10-26(11-7-16)23(31)17-8-12-32-15-17/h1,3-4,8,12-13,15-16H,2,5-7,9-11,14H2,(H,24,29)(H,25,30). The fraction of sp³-hybridized carbons (Fsp3) is 0.391. The van der Waals surface area contributed by atoms with Gasteiger partial charge in [-0.2, -0.15) is 0 Å². The number of benzene rings is 1. The molecule has 2 fully saturated rings. The minimum absolute atomic E-state index is 0.0570. The van der Waals surface area contributed by atoms with Crippen LogP contribution in [0.2, 0.25) is 0 Å². The molecule has 32 heavy (non-hydrogen) atoms. The molecule has 0 atom stereocenters. The molecule has 0 aliphatic carbocycles. The summed E-state index contributed by atoms with van der Waals surface area (Å²) in [6.45, 7) is 2.23. The predicted octanol–water partition coefficient (Wildman–Crippen LogP) is 2.01. The van der Waals surface area contributed by atoms with Crippen molar-refractivity contribution in [1.82, 2.24) is 10.2 Å². The van der Waals surface area contributed by atoms with Crippen molar-refractivity contribution in [3.8, 4) is 0 Å². The van der Waals surface area contributed by atoms with Gasteiger partial charge >= 0.3 is 11.8 Å². The number of nitrogens with one attached hydrogen (secondary N) is 2. The maximum Gasteiger partial charge on any atom is 0.313 e. The number of carbonyl (C=O) groups excluding carboxylic acids is 4. The van der Waals surface area contributed by atoms with Crippen molar-refractivity contribution in [2.24, 2.45) is 5.92 Å². The lowest BCUT2D eigenvalue weighted by atomic mass is 9.96. The molecule has 0 saturated carbocycles. The molecule has 2 aliphatic heterocycles. The van der Waals surface area contributed by atoms with E-state index < -0.39 is 11.8 Å². The molecule has 4 amide bonds. The number of hydrogen-bond acceptors (Lipinski definition) is 5. The van der Waals surface area contributed by atoms with E-state index in [2.05, 4.69) is 10.6 Å². The van der Waals surface area contributed by atoms with Gasteiger partial charge in [-0.05, 0) is 49.4 Å². The summed E-state index contributed by atoms with van der Waals surface area (Å²) in [5.41, 5.74) is 1.71.